The van der Waals surface area contributed by atoms with Crippen molar-refractivity contribution in [3.05, 3.63) is 0 Å². The summed E-state index contributed by atoms with van der Waals surface area (Å²) in [5.74, 6) is 0. The van der Waals surface area contributed by atoms with E-state index in [0.717, 1.165) is 38.8 Å². The largest absolute Gasteiger partial charge is 0.313 e. The zero-order chi connectivity index (χ0) is 10.9. The maximum atomic E-state index is 12.2. The van der Waals surface area contributed by atoms with Crippen LogP contribution in [0.3, 0.4) is 0 Å². The molecule has 0 spiro atoms. The standard InChI is InChI=1S/C10H20N2O2S/c1-12(9-7-11-8-9)15(13,14)10-5-3-2-4-6-10/h9-11H,2-8H2,1H3. The Kier molecular flexibility index (Phi) is 3.33. The first-order valence-corrected chi connectivity index (χ1v) is 7.30. The molecule has 2 fully saturated rings. The second-order valence-electron chi connectivity index (χ2n) is 4.63. The van der Waals surface area contributed by atoms with Crippen molar-refractivity contribution >= 4 is 10.0 Å². The summed E-state index contributed by atoms with van der Waals surface area (Å²) >= 11 is 0. The van der Waals surface area contributed by atoms with E-state index in [2.05, 4.69) is 5.32 Å². The van der Waals surface area contributed by atoms with Crippen molar-refractivity contribution in [3.63, 3.8) is 0 Å². The van der Waals surface area contributed by atoms with E-state index < -0.39 is 10.0 Å². The van der Waals surface area contributed by atoms with Crippen LogP contribution in [0.15, 0.2) is 0 Å². The lowest BCUT2D eigenvalue weighted by atomic mass is 10.0. The lowest BCUT2D eigenvalue weighted by Crippen LogP contribution is -2.58. The third-order valence-electron chi connectivity index (χ3n) is 3.65. The summed E-state index contributed by atoms with van der Waals surface area (Å²) in [5, 5.41) is 3.00. The predicted molar refractivity (Wildman–Crippen MR) is 60.2 cm³/mol. The highest BCUT2D eigenvalue weighted by atomic mass is 32.2. The molecule has 88 valence electrons. The summed E-state index contributed by atoms with van der Waals surface area (Å²) < 4.78 is 26.0. The van der Waals surface area contributed by atoms with Crippen LogP contribution in [0.4, 0.5) is 0 Å². The van der Waals surface area contributed by atoms with Crippen LogP contribution in [0.5, 0.6) is 0 Å². The molecule has 2 rings (SSSR count). The SMILES string of the molecule is CN(C1CNC1)S(=O)(=O)C1CCCCC1. The molecular formula is C10H20N2O2S. The molecule has 1 aliphatic heterocycles. The van der Waals surface area contributed by atoms with E-state index in [1.165, 1.54) is 6.42 Å². The van der Waals surface area contributed by atoms with Gasteiger partial charge in [0.05, 0.1) is 5.25 Å². The van der Waals surface area contributed by atoms with Gasteiger partial charge in [-0.15, -0.1) is 0 Å². The molecule has 15 heavy (non-hydrogen) atoms. The maximum absolute atomic E-state index is 12.2. The number of nitrogens with one attached hydrogen (secondary N) is 1. The van der Waals surface area contributed by atoms with Crippen LogP contribution in [0.1, 0.15) is 32.1 Å². The first-order chi connectivity index (χ1) is 7.12. The van der Waals surface area contributed by atoms with E-state index in [1.807, 2.05) is 0 Å². The Morgan fingerprint density at radius 2 is 1.73 bits per heavy atom. The number of sulfonamides is 1. The summed E-state index contributed by atoms with van der Waals surface area (Å²) in [7, 11) is -1.30. The fraction of sp³-hybridized carbons (Fsp3) is 1.00. The van der Waals surface area contributed by atoms with Crippen molar-refractivity contribution in [1.29, 1.82) is 0 Å². The van der Waals surface area contributed by atoms with E-state index in [-0.39, 0.29) is 11.3 Å². The van der Waals surface area contributed by atoms with Crippen LogP contribution in [0.25, 0.3) is 0 Å². The van der Waals surface area contributed by atoms with Crippen LogP contribution < -0.4 is 5.32 Å². The molecular weight excluding hydrogens is 212 g/mol. The van der Waals surface area contributed by atoms with Gasteiger partial charge in [-0.3, -0.25) is 0 Å². The van der Waals surface area contributed by atoms with E-state index >= 15 is 0 Å². The molecule has 0 amide bonds. The van der Waals surface area contributed by atoms with Crippen LogP contribution in [-0.2, 0) is 10.0 Å². The van der Waals surface area contributed by atoms with Crippen LogP contribution >= 0.6 is 0 Å². The molecule has 1 N–H and O–H groups in total. The van der Waals surface area contributed by atoms with Crippen molar-refractivity contribution in [2.24, 2.45) is 0 Å². The van der Waals surface area contributed by atoms with Crippen molar-refractivity contribution in [2.45, 2.75) is 43.4 Å². The van der Waals surface area contributed by atoms with Crippen LogP contribution in [-0.4, -0.2) is 44.2 Å². The van der Waals surface area contributed by atoms with Crippen molar-refractivity contribution in [2.75, 3.05) is 20.1 Å². The van der Waals surface area contributed by atoms with Gasteiger partial charge in [0.2, 0.25) is 10.0 Å². The normalized spacial score (nSPS) is 25.5. The Bertz CT molecular complexity index is 297. The Morgan fingerprint density at radius 1 is 1.13 bits per heavy atom. The average Bonchev–Trinajstić information content (AvgIpc) is 2.16. The second-order valence-corrected chi connectivity index (χ2v) is 6.91. The van der Waals surface area contributed by atoms with Gasteiger partial charge in [0.1, 0.15) is 0 Å². The van der Waals surface area contributed by atoms with Crippen LogP contribution in [0, 0.1) is 0 Å². The van der Waals surface area contributed by atoms with E-state index in [9.17, 15) is 8.42 Å². The third kappa shape index (κ3) is 2.19. The minimum absolute atomic E-state index is 0.114. The smallest absolute Gasteiger partial charge is 0.217 e. The zero-order valence-corrected chi connectivity index (χ0v) is 10.1. The number of nitrogens with zero attached hydrogens (tertiary/aromatic N) is 1. The molecule has 1 aliphatic carbocycles. The molecule has 0 atom stereocenters. The second kappa shape index (κ2) is 4.39. The van der Waals surface area contributed by atoms with Gasteiger partial charge in [-0.05, 0) is 12.8 Å². The Morgan fingerprint density at radius 3 is 2.20 bits per heavy atom. The molecule has 0 unspecified atom stereocenters. The molecule has 4 nitrogen and oxygen atoms in total. The number of hydrogen-bond acceptors (Lipinski definition) is 3. The van der Waals surface area contributed by atoms with Gasteiger partial charge in [-0.25, -0.2) is 8.42 Å². The quantitative estimate of drug-likeness (QED) is 0.773. The maximum Gasteiger partial charge on any atom is 0.217 e. The summed E-state index contributed by atoms with van der Waals surface area (Å²) in [6.07, 6.45) is 5.04. The molecule has 0 bridgehead atoms. The molecule has 5 heteroatoms. The molecule has 1 saturated heterocycles. The molecule has 0 aromatic rings. The molecule has 2 aliphatic rings. The first kappa shape index (κ1) is 11.4. The third-order valence-corrected chi connectivity index (χ3v) is 6.06. The summed E-state index contributed by atoms with van der Waals surface area (Å²) in [4.78, 5) is 0. The Labute approximate surface area is 92.1 Å². The molecule has 0 radical (unpaired) electrons. The van der Waals surface area contributed by atoms with Crippen LogP contribution in [0.2, 0.25) is 0 Å². The highest BCUT2D eigenvalue weighted by molar-refractivity contribution is 7.89. The summed E-state index contributed by atoms with van der Waals surface area (Å²) in [6.45, 7) is 1.62. The Hall–Kier alpha value is -0.130. The van der Waals surface area contributed by atoms with Crippen molar-refractivity contribution in [1.82, 2.24) is 9.62 Å². The lowest BCUT2D eigenvalue weighted by molar-refractivity contribution is 0.269. The lowest BCUT2D eigenvalue weighted by Gasteiger charge is -2.37. The number of likely N-dealkylation sites (N-methyl/N-ethyl adjacent to an activating group) is 1. The highest BCUT2D eigenvalue weighted by Crippen LogP contribution is 2.26. The molecule has 0 aromatic carbocycles. The van der Waals surface area contributed by atoms with Crippen molar-refractivity contribution < 1.29 is 8.42 Å². The van der Waals surface area contributed by atoms with E-state index in [0.29, 0.717) is 0 Å². The van der Waals surface area contributed by atoms with Gasteiger partial charge < -0.3 is 5.32 Å². The van der Waals surface area contributed by atoms with Crippen molar-refractivity contribution in [3.8, 4) is 0 Å². The van der Waals surface area contributed by atoms with Gasteiger partial charge in [0.15, 0.2) is 0 Å². The molecule has 1 saturated carbocycles. The summed E-state index contributed by atoms with van der Waals surface area (Å²) in [6, 6.07) is 0.192. The first-order valence-electron chi connectivity index (χ1n) is 5.80. The predicted octanol–water partition coefficient (Wildman–Crippen LogP) is 0.552. The van der Waals surface area contributed by atoms with E-state index in [4.69, 9.17) is 0 Å². The summed E-state index contributed by atoms with van der Waals surface area (Å²) in [5.41, 5.74) is 0. The molecule has 1 heterocycles. The molecule has 0 aromatic heterocycles. The fourth-order valence-corrected chi connectivity index (χ4v) is 4.30. The zero-order valence-electron chi connectivity index (χ0n) is 9.28. The van der Waals surface area contributed by atoms with Gasteiger partial charge in [0.25, 0.3) is 0 Å². The van der Waals surface area contributed by atoms with Gasteiger partial charge in [0, 0.05) is 26.2 Å². The van der Waals surface area contributed by atoms with Gasteiger partial charge in [-0.1, -0.05) is 19.3 Å². The number of rotatable bonds is 3. The fourth-order valence-electron chi connectivity index (χ4n) is 2.34. The average molecular weight is 232 g/mol. The minimum atomic E-state index is -3.03. The van der Waals surface area contributed by atoms with E-state index in [1.54, 1.807) is 11.4 Å². The monoisotopic (exact) mass is 232 g/mol. The topological polar surface area (TPSA) is 49.4 Å². The van der Waals surface area contributed by atoms with Gasteiger partial charge in [-0.2, -0.15) is 4.31 Å². The highest BCUT2D eigenvalue weighted by Gasteiger charge is 2.36. The Balaban J connectivity index is 2.03. The minimum Gasteiger partial charge on any atom is -0.313 e. The van der Waals surface area contributed by atoms with Gasteiger partial charge >= 0.3 is 0 Å². The number of hydrogen-bond donors (Lipinski definition) is 1.